The molecule has 0 radical (unpaired) electrons. The smallest absolute Gasteiger partial charge is 0.258 e. The molecule has 0 aliphatic heterocycles. The molecule has 0 atom stereocenters. The molecule has 0 unspecified atom stereocenters. The van der Waals surface area contributed by atoms with Crippen molar-refractivity contribution in [1.82, 2.24) is 4.98 Å². The number of halogens is 2. The Morgan fingerprint density at radius 3 is 2.46 bits per heavy atom. The maximum atomic E-state index is 13.3. The van der Waals surface area contributed by atoms with Gasteiger partial charge in [-0.3, -0.25) is 9.78 Å². The Labute approximate surface area is 163 Å². The molecule has 3 nitrogen and oxygen atoms in total. The average molecular weight is 385 g/mol. The zero-order valence-electron chi connectivity index (χ0n) is 14.5. The van der Waals surface area contributed by atoms with Crippen LogP contribution < -0.4 is 4.90 Å². The maximum Gasteiger partial charge on any atom is 0.258 e. The zero-order valence-corrected chi connectivity index (χ0v) is 16.1. The molecule has 0 bridgehead atoms. The van der Waals surface area contributed by atoms with E-state index in [0.29, 0.717) is 27.8 Å². The Hall–Kier alpha value is -2.36. The van der Waals surface area contributed by atoms with E-state index in [4.69, 9.17) is 23.2 Å². The van der Waals surface area contributed by atoms with Gasteiger partial charge in [0.2, 0.25) is 0 Å². The van der Waals surface area contributed by atoms with Crippen molar-refractivity contribution in [3.8, 4) is 0 Å². The van der Waals surface area contributed by atoms with Gasteiger partial charge in [0.1, 0.15) is 0 Å². The lowest BCUT2D eigenvalue weighted by molar-refractivity contribution is 0.0984. The third kappa shape index (κ3) is 3.90. The molecule has 1 amide bonds. The molecule has 5 heteroatoms. The summed E-state index contributed by atoms with van der Waals surface area (Å²) >= 11 is 12.2. The Bertz CT molecular complexity index is 956. The number of carbonyl (C=O) groups excluding carboxylic acids is 1. The van der Waals surface area contributed by atoms with Crippen molar-refractivity contribution in [3.05, 3.63) is 93.2 Å². The predicted octanol–water partition coefficient (Wildman–Crippen LogP) is 5.85. The van der Waals surface area contributed by atoms with Gasteiger partial charge in [-0.25, -0.2) is 0 Å². The van der Waals surface area contributed by atoms with Crippen LogP contribution in [0.4, 0.5) is 5.69 Å². The lowest BCUT2D eigenvalue weighted by Gasteiger charge is -2.25. The molecular weight excluding hydrogens is 367 g/mol. The van der Waals surface area contributed by atoms with Crippen LogP contribution in [0.3, 0.4) is 0 Å². The van der Waals surface area contributed by atoms with Crippen molar-refractivity contribution in [2.75, 3.05) is 4.90 Å². The Morgan fingerprint density at radius 2 is 1.77 bits per heavy atom. The van der Waals surface area contributed by atoms with E-state index in [1.54, 1.807) is 41.6 Å². The van der Waals surface area contributed by atoms with E-state index in [1.807, 2.05) is 38.1 Å². The fourth-order valence-electron chi connectivity index (χ4n) is 2.75. The highest BCUT2D eigenvalue weighted by Gasteiger charge is 2.21. The molecule has 3 rings (SSSR count). The van der Waals surface area contributed by atoms with Crippen LogP contribution in [-0.4, -0.2) is 10.9 Å². The number of anilines is 1. The number of nitrogens with zero attached hydrogens (tertiary/aromatic N) is 2. The van der Waals surface area contributed by atoms with E-state index >= 15 is 0 Å². The quantitative estimate of drug-likeness (QED) is 0.564. The number of benzene rings is 2. The summed E-state index contributed by atoms with van der Waals surface area (Å²) in [4.78, 5) is 19.1. The van der Waals surface area contributed by atoms with E-state index < -0.39 is 0 Å². The second-order valence-corrected chi connectivity index (χ2v) is 6.92. The monoisotopic (exact) mass is 384 g/mol. The first kappa shape index (κ1) is 18.4. The number of carbonyl (C=O) groups is 1. The van der Waals surface area contributed by atoms with Gasteiger partial charge in [-0.15, -0.1) is 0 Å². The van der Waals surface area contributed by atoms with Crippen LogP contribution in [-0.2, 0) is 6.54 Å². The molecule has 0 aliphatic carbocycles. The van der Waals surface area contributed by atoms with Gasteiger partial charge in [0.25, 0.3) is 5.91 Å². The first-order valence-corrected chi connectivity index (χ1v) is 8.95. The fourth-order valence-corrected chi connectivity index (χ4v) is 3.04. The maximum absolute atomic E-state index is 13.3. The average Bonchev–Trinajstić information content (AvgIpc) is 2.63. The van der Waals surface area contributed by atoms with Crippen LogP contribution in [0.15, 0.2) is 60.9 Å². The van der Waals surface area contributed by atoms with Gasteiger partial charge in [-0.2, -0.15) is 0 Å². The topological polar surface area (TPSA) is 33.2 Å². The van der Waals surface area contributed by atoms with Crippen LogP contribution in [0, 0.1) is 13.8 Å². The molecule has 26 heavy (non-hydrogen) atoms. The highest BCUT2D eigenvalue weighted by atomic mass is 35.5. The van der Waals surface area contributed by atoms with Gasteiger partial charge in [-0.1, -0.05) is 47.5 Å². The predicted molar refractivity (Wildman–Crippen MR) is 107 cm³/mol. The van der Waals surface area contributed by atoms with Crippen LogP contribution >= 0.6 is 23.2 Å². The van der Waals surface area contributed by atoms with Crippen molar-refractivity contribution >= 4 is 34.8 Å². The van der Waals surface area contributed by atoms with E-state index in [0.717, 1.165) is 16.7 Å². The molecule has 0 aliphatic rings. The van der Waals surface area contributed by atoms with Crippen molar-refractivity contribution in [2.45, 2.75) is 20.4 Å². The first-order valence-electron chi connectivity index (χ1n) is 8.19. The van der Waals surface area contributed by atoms with Gasteiger partial charge in [0.05, 0.1) is 16.6 Å². The summed E-state index contributed by atoms with van der Waals surface area (Å²) < 4.78 is 0. The molecule has 132 valence electrons. The summed E-state index contributed by atoms with van der Waals surface area (Å²) in [7, 11) is 0. The molecule has 0 N–H and O–H groups in total. The van der Waals surface area contributed by atoms with Gasteiger partial charge in [0.15, 0.2) is 0 Å². The molecular formula is C21H18Cl2N2O. The normalized spacial score (nSPS) is 10.6. The number of pyridine rings is 1. The number of rotatable bonds is 4. The molecule has 1 heterocycles. The number of aromatic nitrogens is 1. The van der Waals surface area contributed by atoms with Crippen molar-refractivity contribution < 1.29 is 4.79 Å². The van der Waals surface area contributed by atoms with Gasteiger partial charge >= 0.3 is 0 Å². The SMILES string of the molecule is Cc1ccccc1CN(C(=O)c1ccncc1C)c1ccc(Cl)c(Cl)c1. The standard InChI is InChI=1S/C21H18Cl2N2O/c1-14-5-3-4-6-16(14)13-25(17-7-8-19(22)20(23)11-17)21(26)18-9-10-24-12-15(18)2/h3-12H,13H2,1-2H3. The largest absolute Gasteiger partial charge is 0.304 e. The summed E-state index contributed by atoms with van der Waals surface area (Å²) in [6.07, 6.45) is 3.31. The van der Waals surface area contributed by atoms with Crippen molar-refractivity contribution in [2.24, 2.45) is 0 Å². The molecule has 0 fully saturated rings. The summed E-state index contributed by atoms with van der Waals surface area (Å²) in [6, 6.07) is 15.0. The Morgan fingerprint density at radius 1 is 1.00 bits per heavy atom. The van der Waals surface area contributed by atoms with Crippen LogP contribution in [0.2, 0.25) is 10.0 Å². The fraction of sp³-hybridized carbons (Fsp3) is 0.143. The minimum atomic E-state index is -0.105. The summed E-state index contributed by atoms with van der Waals surface area (Å²) in [5.41, 5.74) is 4.33. The molecule has 0 spiro atoms. The van der Waals surface area contributed by atoms with E-state index in [1.165, 1.54) is 0 Å². The van der Waals surface area contributed by atoms with Crippen LogP contribution in [0.25, 0.3) is 0 Å². The molecule has 0 saturated heterocycles. The molecule has 3 aromatic rings. The number of hydrogen-bond acceptors (Lipinski definition) is 2. The van der Waals surface area contributed by atoms with E-state index in [-0.39, 0.29) is 5.91 Å². The minimum absolute atomic E-state index is 0.105. The lowest BCUT2D eigenvalue weighted by Crippen LogP contribution is -2.31. The third-order valence-electron chi connectivity index (χ3n) is 4.30. The lowest BCUT2D eigenvalue weighted by atomic mass is 10.1. The summed E-state index contributed by atoms with van der Waals surface area (Å²) in [5.74, 6) is -0.105. The number of amides is 1. The van der Waals surface area contributed by atoms with Gasteiger partial charge < -0.3 is 4.90 Å². The second kappa shape index (κ2) is 7.90. The highest BCUT2D eigenvalue weighted by Crippen LogP contribution is 2.29. The van der Waals surface area contributed by atoms with Gasteiger partial charge in [0, 0.05) is 23.6 Å². The third-order valence-corrected chi connectivity index (χ3v) is 5.04. The first-order chi connectivity index (χ1) is 12.5. The van der Waals surface area contributed by atoms with Gasteiger partial charge in [-0.05, 0) is 54.8 Å². The molecule has 0 saturated carbocycles. The Balaban J connectivity index is 2.06. The highest BCUT2D eigenvalue weighted by molar-refractivity contribution is 6.42. The Kier molecular flexibility index (Phi) is 5.60. The van der Waals surface area contributed by atoms with E-state index in [9.17, 15) is 4.79 Å². The number of aryl methyl sites for hydroxylation is 2. The van der Waals surface area contributed by atoms with Crippen molar-refractivity contribution in [3.63, 3.8) is 0 Å². The van der Waals surface area contributed by atoms with E-state index in [2.05, 4.69) is 4.98 Å². The van der Waals surface area contributed by atoms with Crippen LogP contribution in [0.1, 0.15) is 27.0 Å². The second-order valence-electron chi connectivity index (χ2n) is 6.11. The number of hydrogen-bond donors (Lipinski definition) is 0. The molecule has 2 aromatic carbocycles. The van der Waals surface area contributed by atoms with Crippen LogP contribution in [0.5, 0.6) is 0 Å². The zero-order chi connectivity index (χ0) is 18.7. The molecule has 1 aromatic heterocycles. The summed E-state index contributed by atoms with van der Waals surface area (Å²) in [6.45, 7) is 4.34. The van der Waals surface area contributed by atoms with Crippen molar-refractivity contribution in [1.29, 1.82) is 0 Å². The minimum Gasteiger partial charge on any atom is -0.304 e. The summed E-state index contributed by atoms with van der Waals surface area (Å²) in [5, 5.41) is 0.872.